The molecule has 0 unspecified atom stereocenters. The van der Waals surface area contributed by atoms with Crippen LogP contribution in [0.3, 0.4) is 0 Å². The fraction of sp³-hybridized carbons (Fsp3) is 0.130. The minimum atomic E-state index is -0.457. The molecule has 0 fully saturated rings. The summed E-state index contributed by atoms with van der Waals surface area (Å²) in [5.41, 5.74) is 13.8. The summed E-state index contributed by atoms with van der Waals surface area (Å²) in [6.45, 7) is 0.357. The molecule has 0 aromatic heterocycles. The maximum atomic E-state index is 12.1. The van der Waals surface area contributed by atoms with E-state index in [0.717, 1.165) is 21.9 Å². The zero-order valence-electron chi connectivity index (χ0n) is 15.5. The van der Waals surface area contributed by atoms with Crippen molar-refractivity contribution in [1.82, 2.24) is 5.32 Å². The van der Waals surface area contributed by atoms with E-state index in [1.165, 1.54) is 6.08 Å². The van der Waals surface area contributed by atoms with Gasteiger partial charge in [0.2, 0.25) is 11.8 Å². The Kier molecular flexibility index (Phi) is 6.19. The minimum Gasteiger partial charge on any atom is -0.366 e. The third kappa shape index (κ3) is 5.05. The molecule has 0 spiro atoms. The first kappa shape index (κ1) is 19.3. The lowest BCUT2D eigenvalue weighted by Crippen LogP contribution is -2.37. The van der Waals surface area contributed by atoms with Crippen LogP contribution in [0.5, 0.6) is 0 Å². The second-order valence-electron chi connectivity index (χ2n) is 6.67. The number of hydrogen-bond acceptors (Lipinski definition) is 3. The number of rotatable bonds is 7. The average molecular weight is 373 g/mol. The Balaban J connectivity index is 1.53. The molecule has 0 aliphatic heterocycles. The largest absolute Gasteiger partial charge is 0.366 e. The quantitative estimate of drug-likeness (QED) is 0.555. The smallest absolute Gasteiger partial charge is 0.248 e. The van der Waals surface area contributed by atoms with Crippen LogP contribution in [-0.4, -0.2) is 24.4 Å². The third-order valence-corrected chi connectivity index (χ3v) is 4.51. The van der Waals surface area contributed by atoms with E-state index in [0.29, 0.717) is 18.5 Å². The van der Waals surface area contributed by atoms with Gasteiger partial charge in [0.25, 0.3) is 0 Å². The van der Waals surface area contributed by atoms with Crippen LogP contribution in [0.4, 0.5) is 0 Å². The van der Waals surface area contributed by atoms with Crippen LogP contribution >= 0.6 is 0 Å². The lowest BCUT2D eigenvalue weighted by molar-refractivity contribution is -0.116. The summed E-state index contributed by atoms with van der Waals surface area (Å²) >= 11 is 0. The summed E-state index contributed by atoms with van der Waals surface area (Å²) in [6.07, 6.45) is 3.92. The Morgan fingerprint density at radius 1 is 0.964 bits per heavy atom. The Hall–Kier alpha value is -3.44. The Morgan fingerprint density at radius 2 is 1.68 bits per heavy atom. The number of amides is 2. The Bertz CT molecular complexity index is 1000. The third-order valence-electron chi connectivity index (χ3n) is 4.51. The molecule has 0 aliphatic rings. The first-order valence-corrected chi connectivity index (χ1v) is 9.11. The molecule has 28 heavy (non-hydrogen) atoms. The van der Waals surface area contributed by atoms with E-state index < -0.39 is 5.91 Å². The highest BCUT2D eigenvalue weighted by Gasteiger charge is 2.07. The fourth-order valence-corrected chi connectivity index (χ4v) is 3.03. The van der Waals surface area contributed by atoms with E-state index in [1.54, 1.807) is 12.1 Å². The lowest BCUT2D eigenvalue weighted by atomic mass is 10.0. The van der Waals surface area contributed by atoms with Crippen molar-refractivity contribution in [1.29, 1.82) is 0 Å². The van der Waals surface area contributed by atoms with Gasteiger partial charge < -0.3 is 16.8 Å². The van der Waals surface area contributed by atoms with Gasteiger partial charge in [0.1, 0.15) is 0 Å². The van der Waals surface area contributed by atoms with Gasteiger partial charge in [-0.3, -0.25) is 9.59 Å². The molecule has 2 amide bonds. The number of nitrogens with two attached hydrogens (primary N) is 2. The molecular formula is C23H23N3O2. The molecule has 1 atom stereocenters. The van der Waals surface area contributed by atoms with Gasteiger partial charge in [-0.25, -0.2) is 0 Å². The van der Waals surface area contributed by atoms with Crippen molar-refractivity contribution in [3.05, 3.63) is 89.5 Å². The number of benzene rings is 3. The highest BCUT2D eigenvalue weighted by atomic mass is 16.1. The molecule has 0 saturated heterocycles. The molecule has 0 aliphatic carbocycles. The molecular weight excluding hydrogens is 350 g/mol. The molecule has 3 aromatic carbocycles. The monoisotopic (exact) mass is 373 g/mol. The van der Waals surface area contributed by atoms with Gasteiger partial charge in [-0.1, -0.05) is 54.6 Å². The standard InChI is InChI=1S/C23H23N3O2/c24-20(14-16-8-10-19(11-9-16)23(25)28)15-26-22(27)13-12-18-6-3-5-17-4-1-2-7-21(17)18/h1-13,20H,14-15,24H2,(H2,25,28)(H,26,27)/b13-12+/t20-/m0/s1. The average Bonchev–Trinajstić information content (AvgIpc) is 2.71. The SMILES string of the molecule is NC(=O)c1ccc(C[C@H](N)CNC(=O)/C=C/c2cccc3ccccc23)cc1. The molecule has 0 radical (unpaired) electrons. The summed E-state index contributed by atoms with van der Waals surface area (Å²) < 4.78 is 0. The van der Waals surface area contributed by atoms with Crippen molar-refractivity contribution in [3.63, 3.8) is 0 Å². The van der Waals surface area contributed by atoms with Crippen LogP contribution in [0.1, 0.15) is 21.5 Å². The molecule has 0 heterocycles. The number of nitrogens with one attached hydrogen (secondary N) is 1. The van der Waals surface area contributed by atoms with Gasteiger partial charge in [-0.15, -0.1) is 0 Å². The van der Waals surface area contributed by atoms with E-state index in [2.05, 4.69) is 5.32 Å². The zero-order valence-corrected chi connectivity index (χ0v) is 15.5. The number of hydrogen-bond donors (Lipinski definition) is 3. The van der Waals surface area contributed by atoms with Crippen molar-refractivity contribution >= 4 is 28.7 Å². The van der Waals surface area contributed by atoms with Crippen molar-refractivity contribution in [2.45, 2.75) is 12.5 Å². The summed E-state index contributed by atoms with van der Waals surface area (Å²) in [7, 11) is 0. The van der Waals surface area contributed by atoms with Crippen molar-refractivity contribution in [2.24, 2.45) is 11.5 Å². The molecule has 5 nitrogen and oxygen atoms in total. The molecule has 142 valence electrons. The van der Waals surface area contributed by atoms with Gasteiger partial charge >= 0.3 is 0 Å². The summed E-state index contributed by atoms with van der Waals surface area (Å²) in [5.74, 6) is -0.645. The van der Waals surface area contributed by atoms with Crippen LogP contribution in [0, 0.1) is 0 Å². The summed E-state index contributed by atoms with van der Waals surface area (Å²) in [5, 5.41) is 5.06. The Morgan fingerprint density at radius 3 is 2.43 bits per heavy atom. The number of carbonyl (C=O) groups excluding carboxylic acids is 2. The van der Waals surface area contributed by atoms with E-state index in [9.17, 15) is 9.59 Å². The minimum absolute atomic E-state index is 0.188. The fourth-order valence-electron chi connectivity index (χ4n) is 3.03. The predicted octanol–water partition coefficient (Wildman–Crippen LogP) is 2.64. The van der Waals surface area contributed by atoms with Crippen molar-refractivity contribution in [2.75, 3.05) is 6.54 Å². The maximum absolute atomic E-state index is 12.1. The van der Waals surface area contributed by atoms with Crippen LogP contribution in [0.2, 0.25) is 0 Å². The van der Waals surface area contributed by atoms with E-state index >= 15 is 0 Å². The summed E-state index contributed by atoms with van der Waals surface area (Å²) in [4.78, 5) is 23.2. The molecule has 3 aromatic rings. The molecule has 0 bridgehead atoms. The molecule has 0 saturated carbocycles. The van der Waals surface area contributed by atoms with Crippen LogP contribution in [0.25, 0.3) is 16.8 Å². The second-order valence-corrected chi connectivity index (χ2v) is 6.67. The van der Waals surface area contributed by atoms with Gasteiger partial charge in [0, 0.05) is 24.2 Å². The molecule has 5 heteroatoms. The van der Waals surface area contributed by atoms with Gasteiger partial charge in [0.05, 0.1) is 0 Å². The van der Waals surface area contributed by atoms with Gasteiger partial charge in [-0.05, 0) is 46.5 Å². The van der Waals surface area contributed by atoms with Crippen LogP contribution < -0.4 is 16.8 Å². The molecule has 5 N–H and O–H groups in total. The second kappa shape index (κ2) is 8.97. The first-order chi connectivity index (χ1) is 13.5. The van der Waals surface area contributed by atoms with E-state index in [-0.39, 0.29) is 11.9 Å². The number of fused-ring (bicyclic) bond motifs is 1. The number of primary amides is 1. The van der Waals surface area contributed by atoms with Crippen molar-refractivity contribution < 1.29 is 9.59 Å². The first-order valence-electron chi connectivity index (χ1n) is 9.11. The highest BCUT2D eigenvalue weighted by molar-refractivity contribution is 5.96. The Labute approximate surface area is 164 Å². The predicted molar refractivity (Wildman–Crippen MR) is 113 cm³/mol. The maximum Gasteiger partial charge on any atom is 0.248 e. The number of carbonyl (C=O) groups is 2. The zero-order chi connectivity index (χ0) is 19.9. The highest BCUT2D eigenvalue weighted by Crippen LogP contribution is 2.19. The topological polar surface area (TPSA) is 98.2 Å². The van der Waals surface area contributed by atoms with E-state index in [1.807, 2.05) is 60.7 Å². The van der Waals surface area contributed by atoms with Gasteiger partial charge in [0.15, 0.2) is 0 Å². The van der Waals surface area contributed by atoms with E-state index in [4.69, 9.17) is 11.5 Å². The van der Waals surface area contributed by atoms with Crippen molar-refractivity contribution in [3.8, 4) is 0 Å². The summed E-state index contributed by atoms with van der Waals surface area (Å²) in [6, 6.07) is 20.8. The van der Waals surface area contributed by atoms with Crippen LogP contribution in [0.15, 0.2) is 72.8 Å². The lowest BCUT2D eigenvalue weighted by Gasteiger charge is -2.12. The van der Waals surface area contributed by atoms with Gasteiger partial charge in [-0.2, -0.15) is 0 Å². The molecule has 3 rings (SSSR count). The normalized spacial score (nSPS) is 12.2. The van der Waals surface area contributed by atoms with Crippen LogP contribution in [-0.2, 0) is 11.2 Å².